The van der Waals surface area contributed by atoms with Crippen molar-refractivity contribution in [2.45, 2.75) is 140 Å². The van der Waals surface area contributed by atoms with E-state index < -0.39 is 5.97 Å². The number of carbonyl (C=O) groups is 2. The average Bonchev–Trinajstić information content (AvgIpc) is 3.53. The molecule has 2 fully saturated rings. The Morgan fingerprint density at radius 1 is 0.909 bits per heavy atom. The molecule has 2 aliphatic heterocycles. The molecule has 2 bridgehead atoms. The molecule has 1 spiro atoms. The first-order valence-electron chi connectivity index (χ1n) is 21.4. The van der Waals surface area contributed by atoms with E-state index in [1.54, 1.807) is 6.07 Å². The summed E-state index contributed by atoms with van der Waals surface area (Å²) < 4.78 is 12.8. The van der Waals surface area contributed by atoms with Gasteiger partial charge in [0.15, 0.2) is 11.5 Å². The Morgan fingerprint density at radius 3 is 2.20 bits per heavy atom. The predicted octanol–water partition coefficient (Wildman–Crippen LogP) is 9.52. The Hall–Kier alpha value is -4.10. The van der Waals surface area contributed by atoms with Crippen molar-refractivity contribution in [3.63, 3.8) is 0 Å². The number of aryl methyl sites for hydroxylation is 2. The van der Waals surface area contributed by atoms with E-state index in [-0.39, 0.29) is 35.3 Å². The average molecular weight is 747 g/mol. The predicted molar refractivity (Wildman–Crippen MR) is 219 cm³/mol. The molecule has 2 heterocycles. The SMILES string of the molecule is C=CCN1CC[C@]23c4c5c(O)cc(OC(C)=O)c4O[C@H]2[C@@H](N(CCCCc2ccccc2)C(=O)CCCCCCCCCCc2ccccc2)CC[C@H]3[C@H]1C5. The topological polar surface area (TPSA) is 79.3 Å². The number of aromatic hydroxyl groups is 1. The monoisotopic (exact) mass is 746 g/mol. The van der Waals surface area contributed by atoms with E-state index >= 15 is 0 Å². The number of hydrogen-bond acceptors (Lipinski definition) is 6. The number of esters is 1. The molecular weight excluding hydrogens is 685 g/mol. The Balaban J connectivity index is 1.04. The highest BCUT2D eigenvalue weighted by atomic mass is 16.6. The van der Waals surface area contributed by atoms with Crippen molar-refractivity contribution in [3.8, 4) is 17.2 Å². The lowest BCUT2D eigenvalue weighted by molar-refractivity contribution is -0.142. The molecule has 0 unspecified atom stereocenters. The van der Waals surface area contributed by atoms with Crippen LogP contribution in [0, 0.1) is 5.92 Å². The highest BCUT2D eigenvalue weighted by molar-refractivity contribution is 5.77. The molecule has 0 radical (unpaired) electrons. The summed E-state index contributed by atoms with van der Waals surface area (Å²) in [7, 11) is 0. The minimum absolute atomic E-state index is 0.0892. The minimum atomic E-state index is -0.438. The van der Waals surface area contributed by atoms with Gasteiger partial charge in [0.05, 0.1) is 6.04 Å². The molecule has 0 aromatic heterocycles. The van der Waals surface area contributed by atoms with Crippen LogP contribution in [0.5, 0.6) is 17.2 Å². The third-order valence-electron chi connectivity index (χ3n) is 13.2. The second-order valence-corrected chi connectivity index (χ2v) is 16.6. The number of unbranched alkanes of at least 4 members (excludes halogenated alkanes) is 8. The number of amides is 1. The molecule has 294 valence electrons. The molecule has 1 N–H and O–H groups in total. The second kappa shape index (κ2) is 18.2. The number of likely N-dealkylation sites (tertiary alicyclic amines) is 1. The largest absolute Gasteiger partial charge is 0.508 e. The van der Waals surface area contributed by atoms with Crippen molar-refractivity contribution in [3.05, 3.63) is 102 Å². The molecule has 4 aliphatic rings. The van der Waals surface area contributed by atoms with Gasteiger partial charge in [-0.05, 0) is 87.8 Å². The van der Waals surface area contributed by atoms with Crippen LogP contribution in [0.1, 0.15) is 119 Å². The minimum Gasteiger partial charge on any atom is -0.508 e. The first-order chi connectivity index (χ1) is 26.9. The van der Waals surface area contributed by atoms with Crippen LogP contribution in [0.3, 0.4) is 0 Å². The number of hydrogen-bond donors (Lipinski definition) is 1. The summed E-state index contributed by atoms with van der Waals surface area (Å²) in [6, 6.07) is 23.1. The summed E-state index contributed by atoms with van der Waals surface area (Å²) in [5.74, 6) is 1.19. The Bertz CT molecular complexity index is 1760. The zero-order chi connectivity index (χ0) is 38.2. The summed E-state index contributed by atoms with van der Waals surface area (Å²) in [6.45, 7) is 7.86. The van der Waals surface area contributed by atoms with E-state index in [4.69, 9.17) is 9.47 Å². The molecule has 7 nitrogen and oxygen atoms in total. The Morgan fingerprint density at radius 2 is 1.55 bits per heavy atom. The van der Waals surface area contributed by atoms with Crippen molar-refractivity contribution in [1.82, 2.24) is 9.80 Å². The molecule has 1 saturated heterocycles. The van der Waals surface area contributed by atoms with E-state index in [0.717, 1.165) is 88.4 Å². The van der Waals surface area contributed by atoms with Gasteiger partial charge in [-0.2, -0.15) is 0 Å². The highest BCUT2D eigenvalue weighted by Crippen LogP contribution is 2.65. The Labute approximate surface area is 329 Å². The van der Waals surface area contributed by atoms with Gasteiger partial charge in [0.2, 0.25) is 5.91 Å². The van der Waals surface area contributed by atoms with Crippen LogP contribution in [0.25, 0.3) is 0 Å². The number of phenols is 1. The van der Waals surface area contributed by atoms with Crippen LogP contribution in [0.15, 0.2) is 79.4 Å². The number of rotatable bonds is 20. The number of piperidine rings is 1. The number of phenolic OH excluding ortho intramolecular Hbond substituents is 1. The quantitative estimate of drug-likeness (QED) is 0.0537. The third-order valence-corrected chi connectivity index (χ3v) is 13.2. The summed E-state index contributed by atoms with van der Waals surface area (Å²) in [5.41, 5.74) is 4.36. The Kier molecular flexibility index (Phi) is 13.0. The van der Waals surface area contributed by atoms with Gasteiger partial charge in [0.25, 0.3) is 0 Å². The van der Waals surface area contributed by atoms with Crippen LogP contribution < -0.4 is 9.47 Å². The third kappa shape index (κ3) is 8.52. The van der Waals surface area contributed by atoms with Crippen molar-refractivity contribution < 1.29 is 24.2 Å². The van der Waals surface area contributed by atoms with Gasteiger partial charge in [-0.1, -0.05) is 105 Å². The number of carbonyl (C=O) groups excluding carboxylic acids is 2. The zero-order valence-corrected chi connectivity index (χ0v) is 33.1. The summed E-state index contributed by atoms with van der Waals surface area (Å²) in [5, 5.41) is 11.5. The van der Waals surface area contributed by atoms with E-state index in [9.17, 15) is 14.7 Å². The summed E-state index contributed by atoms with van der Waals surface area (Å²) in [4.78, 5) is 31.5. The lowest BCUT2D eigenvalue weighted by atomic mass is 9.50. The molecule has 55 heavy (non-hydrogen) atoms. The van der Waals surface area contributed by atoms with Crippen LogP contribution in [0.4, 0.5) is 0 Å². The van der Waals surface area contributed by atoms with Gasteiger partial charge in [-0.15, -0.1) is 6.58 Å². The number of benzene rings is 3. The molecule has 3 aromatic rings. The standard InChI is InChI=1S/C48H62N2O5/c1-3-30-49-32-29-48-39-27-28-40(47(48)55-46-43(54-35(2)51)34-42(52)38(45(46)48)33-41(39)49)50(31-19-18-25-37-23-15-11-16-24-37)44(53)26-17-9-7-5-4-6-8-12-20-36-21-13-10-14-22-36/h3,10-11,13-16,21-24,34,39-41,47,52H,1,4-9,12,17-20,25-33H2,2H3/t39-,40-,41+,47-,48-/m0/s1. The van der Waals surface area contributed by atoms with Gasteiger partial charge >= 0.3 is 5.97 Å². The fourth-order valence-corrected chi connectivity index (χ4v) is 10.8. The number of nitrogens with zero attached hydrogens (tertiary/aromatic N) is 2. The molecule has 2 aliphatic carbocycles. The molecule has 7 heteroatoms. The van der Waals surface area contributed by atoms with Gasteiger partial charge in [0.1, 0.15) is 11.9 Å². The van der Waals surface area contributed by atoms with Crippen molar-refractivity contribution in [1.29, 1.82) is 0 Å². The molecule has 1 saturated carbocycles. The maximum absolute atomic E-state index is 14.5. The lowest BCUT2D eigenvalue weighted by Crippen LogP contribution is -2.69. The van der Waals surface area contributed by atoms with Crippen LogP contribution in [-0.2, 0) is 34.3 Å². The van der Waals surface area contributed by atoms with E-state index in [1.807, 2.05) is 6.08 Å². The highest BCUT2D eigenvalue weighted by Gasteiger charge is 2.67. The lowest BCUT2D eigenvalue weighted by Gasteiger charge is -2.60. The van der Waals surface area contributed by atoms with Crippen molar-refractivity contribution in [2.75, 3.05) is 19.6 Å². The van der Waals surface area contributed by atoms with E-state index in [1.165, 1.54) is 56.6 Å². The smallest absolute Gasteiger partial charge is 0.308 e. The second-order valence-electron chi connectivity index (χ2n) is 16.6. The fourth-order valence-electron chi connectivity index (χ4n) is 10.8. The molecule has 5 atom stereocenters. The summed E-state index contributed by atoms with van der Waals surface area (Å²) in [6.07, 6.45) is 19.3. The normalized spacial score (nSPS) is 23.4. The maximum Gasteiger partial charge on any atom is 0.308 e. The van der Waals surface area contributed by atoms with E-state index in [0.29, 0.717) is 30.4 Å². The van der Waals surface area contributed by atoms with Crippen LogP contribution >= 0.6 is 0 Å². The first-order valence-corrected chi connectivity index (χ1v) is 21.4. The molecule has 7 rings (SSSR count). The first kappa shape index (κ1) is 39.1. The van der Waals surface area contributed by atoms with Gasteiger partial charge in [-0.3, -0.25) is 14.5 Å². The summed E-state index contributed by atoms with van der Waals surface area (Å²) >= 11 is 0. The number of ether oxygens (including phenoxy) is 2. The van der Waals surface area contributed by atoms with Gasteiger partial charge in [0, 0.05) is 55.1 Å². The molecule has 1 amide bonds. The molecule has 3 aromatic carbocycles. The maximum atomic E-state index is 14.5. The van der Waals surface area contributed by atoms with Crippen molar-refractivity contribution >= 4 is 11.9 Å². The van der Waals surface area contributed by atoms with Crippen molar-refractivity contribution in [2.24, 2.45) is 5.92 Å². The van der Waals surface area contributed by atoms with Crippen LogP contribution in [-0.4, -0.2) is 64.6 Å². The van der Waals surface area contributed by atoms with Gasteiger partial charge in [-0.25, -0.2) is 0 Å². The van der Waals surface area contributed by atoms with Crippen LogP contribution in [0.2, 0.25) is 0 Å². The fraction of sp³-hybridized carbons (Fsp3) is 0.542. The van der Waals surface area contributed by atoms with Gasteiger partial charge < -0.3 is 19.5 Å². The van der Waals surface area contributed by atoms with E-state index in [2.05, 4.69) is 77.0 Å². The zero-order valence-electron chi connectivity index (χ0n) is 33.1. The molecular formula is C48H62N2O5.